The second kappa shape index (κ2) is 5.68. The third-order valence-electron chi connectivity index (χ3n) is 3.01. The predicted molar refractivity (Wildman–Crippen MR) is 75.0 cm³/mol. The summed E-state index contributed by atoms with van der Waals surface area (Å²) in [7, 11) is 0. The maximum Gasteiger partial charge on any atom is 0.155 e. The molecule has 1 aromatic heterocycles. The van der Waals surface area contributed by atoms with E-state index in [4.69, 9.17) is 16.9 Å². The Kier molecular flexibility index (Phi) is 3.98. The number of nitrogens with zero attached hydrogens (tertiary/aromatic N) is 3. The first-order valence-corrected chi connectivity index (χ1v) is 6.22. The largest absolute Gasteiger partial charge is 0.364 e. The minimum absolute atomic E-state index is 0.432. The van der Waals surface area contributed by atoms with Crippen LogP contribution >= 0.6 is 11.6 Å². The topological polar surface area (TPSA) is 61.6 Å². The predicted octanol–water partition coefficient (Wildman–Crippen LogP) is 3.23. The summed E-state index contributed by atoms with van der Waals surface area (Å²) < 4.78 is 0. The summed E-state index contributed by atoms with van der Waals surface area (Å²) in [6.45, 7) is 4.50. The van der Waals surface area contributed by atoms with Crippen molar-refractivity contribution in [1.82, 2.24) is 10.2 Å². The van der Waals surface area contributed by atoms with E-state index in [1.807, 2.05) is 26.0 Å². The van der Waals surface area contributed by atoms with Crippen LogP contribution in [0.5, 0.6) is 0 Å². The molecule has 0 spiro atoms. The van der Waals surface area contributed by atoms with Gasteiger partial charge in [0.25, 0.3) is 0 Å². The number of nitrogens with one attached hydrogen (secondary N) is 1. The summed E-state index contributed by atoms with van der Waals surface area (Å²) in [4.78, 5) is 0. The van der Waals surface area contributed by atoms with E-state index in [2.05, 4.69) is 21.6 Å². The standard InChI is InChI=1S/C14H13ClN4/c1-9-10(2)14(19-18-13(9)15)17-8-12-5-3-11(7-16)4-6-12/h3-6H,8H2,1-2H3,(H,17,19). The number of hydrogen-bond acceptors (Lipinski definition) is 4. The van der Waals surface area contributed by atoms with E-state index in [0.717, 1.165) is 22.5 Å². The molecular formula is C14H13ClN4. The van der Waals surface area contributed by atoms with Gasteiger partial charge in [-0.25, -0.2) is 0 Å². The lowest BCUT2D eigenvalue weighted by Gasteiger charge is -2.10. The number of anilines is 1. The van der Waals surface area contributed by atoms with E-state index < -0.39 is 0 Å². The van der Waals surface area contributed by atoms with Gasteiger partial charge in [-0.05, 0) is 42.7 Å². The van der Waals surface area contributed by atoms with E-state index in [0.29, 0.717) is 17.3 Å². The molecule has 0 radical (unpaired) electrons. The van der Waals surface area contributed by atoms with E-state index in [1.54, 1.807) is 12.1 Å². The van der Waals surface area contributed by atoms with Gasteiger partial charge >= 0.3 is 0 Å². The van der Waals surface area contributed by atoms with Crippen LogP contribution in [0.4, 0.5) is 5.82 Å². The first kappa shape index (κ1) is 13.3. The third-order valence-corrected chi connectivity index (χ3v) is 3.37. The molecule has 1 N–H and O–H groups in total. The Balaban J connectivity index is 2.10. The zero-order valence-electron chi connectivity index (χ0n) is 10.7. The Hall–Kier alpha value is -2.12. The van der Waals surface area contributed by atoms with Crippen molar-refractivity contribution >= 4 is 17.4 Å². The fourth-order valence-electron chi connectivity index (χ4n) is 1.63. The number of halogens is 1. The molecule has 0 fully saturated rings. The fourth-order valence-corrected chi connectivity index (χ4v) is 1.81. The molecule has 0 aliphatic rings. The quantitative estimate of drug-likeness (QED) is 0.932. The highest BCUT2D eigenvalue weighted by atomic mass is 35.5. The minimum Gasteiger partial charge on any atom is -0.364 e. The van der Waals surface area contributed by atoms with Crippen LogP contribution in [0.1, 0.15) is 22.3 Å². The van der Waals surface area contributed by atoms with Gasteiger partial charge in [0.15, 0.2) is 11.0 Å². The lowest BCUT2D eigenvalue weighted by Crippen LogP contribution is -2.06. The van der Waals surface area contributed by atoms with Crippen molar-refractivity contribution in [3.05, 3.63) is 51.7 Å². The first-order chi connectivity index (χ1) is 9.11. The Morgan fingerprint density at radius 3 is 2.47 bits per heavy atom. The summed E-state index contributed by atoms with van der Waals surface area (Å²) in [5.74, 6) is 0.728. The van der Waals surface area contributed by atoms with Crippen molar-refractivity contribution < 1.29 is 0 Å². The van der Waals surface area contributed by atoms with Gasteiger partial charge < -0.3 is 5.32 Å². The number of hydrogen-bond donors (Lipinski definition) is 1. The van der Waals surface area contributed by atoms with Gasteiger partial charge in [-0.3, -0.25) is 0 Å². The molecule has 0 atom stereocenters. The number of nitriles is 1. The Morgan fingerprint density at radius 2 is 1.84 bits per heavy atom. The van der Waals surface area contributed by atoms with Gasteiger partial charge in [0, 0.05) is 6.54 Å². The van der Waals surface area contributed by atoms with Crippen LogP contribution in [0.3, 0.4) is 0 Å². The molecule has 1 aromatic carbocycles. The first-order valence-electron chi connectivity index (χ1n) is 5.84. The molecule has 0 amide bonds. The molecule has 4 nitrogen and oxygen atoms in total. The van der Waals surface area contributed by atoms with Crippen molar-refractivity contribution in [2.45, 2.75) is 20.4 Å². The molecular weight excluding hydrogens is 260 g/mol. The summed E-state index contributed by atoms with van der Waals surface area (Å²) >= 11 is 5.90. The highest BCUT2D eigenvalue weighted by Crippen LogP contribution is 2.20. The summed E-state index contributed by atoms with van der Waals surface area (Å²) in [6.07, 6.45) is 0. The Morgan fingerprint density at radius 1 is 1.16 bits per heavy atom. The molecule has 96 valence electrons. The zero-order chi connectivity index (χ0) is 13.8. The van der Waals surface area contributed by atoms with E-state index in [9.17, 15) is 0 Å². The van der Waals surface area contributed by atoms with Crippen LogP contribution in [-0.4, -0.2) is 10.2 Å². The average Bonchev–Trinajstić information content (AvgIpc) is 2.45. The molecule has 5 heteroatoms. The number of benzene rings is 1. The van der Waals surface area contributed by atoms with Crippen LogP contribution < -0.4 is 5.32 Å². The van der Waals surface area contributed by atoms with Crippen molar-refractivity contribution in [2.75, 3.05) is 5.32 Å². The van der Waals surface area contributed by atoms with E-state index in [-0.39, 0.29) is 0 Å². The maximum atomic E-state index is 8.73. The van der Waals surface area contributed by atoms with Crippen molar-refractivity contribution in [1.29, 1.82) is 5.26 Å². The van der Waals surface area contributed by atoms with Gasteiger partial charge in [0.05, 0.1) is 11.6 Å². The minimum atomic E-state index is 0.432. The van der Waals surface area contributed by atoms with Crippen LogP contribution in [0, 0.1) is 25.2 Å². The van der Waals surface area contributed by atoms with Crippen molar-refractivity contribution in [3.8, 4) is 6.07 Å². The summed E-state index contributed by atoms with van der Waals surface area (Å²) in [5, 5.41) is 20.3. The molecule has 2 rings (SSSR count). The van der Waals surface area contributed by atoms with Crippen LogP contribution in [-0.2, 0) is 6.54 Å². The SMILES string of the molecule is Cc1c(Cl)nnc(NCc2ccc(C#N)cc2)c1C. The van der Waals surface area contributed by atoms with Gasteiger partial charge in [0.1, 0.15) is 0 Å². The summed E-state index contributed by atoms with van der Waals surface area (Å²) in [5.41, 5.74) is 3.66. The maximum absolute atomic E-state index is 8.73. The molecule has 19 heavy (non-hydrogen) atoms. The molecule has 0 unspecified atom stereocenters. The molecule has 0 saturated heterocycles. The van der Waals surface area contributed by atoms with Gasteiger partial charge in [-0.2, -0.15) is 5.26 Å². The molecule has 0 aliphatic heterocycles. The molecule has 0 bridgehead atoms. The Bertz CT molecular complexity index is 629. The van der Waals surface area contributed by atoms with Crippen LogP contribution in [0.15, 0.2) is 24.3 Å². The molecule has 0 saturated carbocycles. The second-order valence-electron chi connectivity index (χ2n) is 4.25. The molecule has 1 heterocycles. The van der Waals surface area contributed by atoms with E-state index in [1.165, 1.54) is 0 Å². The van der Waals surface area contributed by atoms with Crippen molar-refractivity contribution in [2.24, 2.45) is 0 Å². The third kappa shape index (κ3) is 3.01. The summed E-state index contributed by atoms with van der Waals surface area (Å²) in [6, 6.07) is 9.51. The lowest BCUT2D eigenvalue weighted by molar-refractivity contribution is 0.971. The van der Waals surface area contributed by atoms with Crippen LogP contribution in [0.25, 0.3) is 0 Å². The Labute approximate surface area is 117 Å². The lowest BCUT2D eigenvalue weighted by atomic mass is 10.1. The smallest absolute Gasteiger partial charge is 0.155 e. The normalized spacial score (nSPS) is 10.0. The number of aromatic nitrogens is 2. The van der Waals surface area contributed by atoms with Gasteiger partial charge in [-0.15, -0.1) is 10.2 Å². The molecule has 2 aromatic rings. The highest BCUT2D eigenvalue weighted by molar-refractivity contribution is 6.30. The van der Waals surface area contributed by atoms with Gasteiger partial charge in [-0.1, -0.05) is 23.7 Å². The second-order valence-corrected chi connectivity index (χ2v) is 4.61. The monoisotopic (exact) mass is 272 g/mol. The zero-order valence-corrected chi connectivity index (χ0v) is 11.5. The molecule has 0 aliphatic carbocycles. The average molecular weight is 273 g/mol. The van der Waals surface area contributed by atoms with Gasteiger partial charge in [0.2, 0.25) is 0 Å². The van der Waals surface area contributed by atoms with Crippen LogP contribution in [0.2, 0.25) is 5.15 Å². The fraction of sp³-hybridized carbons (Fsp3) is 0.214. The van der Waals surface area contributed by atoms with Crippen molar-refractivity contribution in [3.63, 3.8) is 0 Å². The highest BCUT2D eigenvalue weighted by Gasteiger charge is 2.07. The number of rotatable bonds is 3. The van der Waals surface area contributed by atoms with E-state index >= 15 is 0 Å².